The van der Waals surface area contributed by atoms with Crippen LogP contribution in [0.5, 0.6) is 0 Å². The third-order valence-electron chi connectivity index (χ3n) is 5.32. The van der Waals surface area contributed by atoms with Crippen LogP contribution in [0.2, 0.25) is 0 Å². The number of hydrogen-bond donors (Lipinski definition) is 1. The summed E-state index contributed by atoms with van der Waals surface area (Å²) in [4.78, 5) is 28.9. The maximum absolute atomic E-state index is 12.8. The van der Waals surface area contributed by atoms with E-state index in [1.54, 1.807) is 6.07 Å². The van der Waals surface area contributed by atoms with Gasteiger partial charge in [-0.2, -0.15) is 0 Å². The molecule has 0 radical (unpaired) electrons. The van der Waals surface area contributed by atoms with Crippen molar-refractivity contribution in [2.75, 3.05) is 7.11 Å². The van der Waals surface area contributed by atoms with Gasteiger partial charge in [0.15, 0.2) is 0 Å². The van der Waals surface area contributed by atoms with Crippen LogP contribution < -0.4 is 5.32 Å². The molecule has 1 amide bonds. The molecule has 0 saturated carbocycles. The zero-order valence-electron chi connectivity index (χ0n) is 15.3. The molecule has 2 aromatic rings. The van der Waals surface area contributed by atoms with Gasteiger partial charge in [-0.05, 0) is 60.1 Å². The highest BCUT2D eigenvalue weighted by Gasteiger charge is 2.26. The minimum absolute atomic E-state index is 0.121. The SMILES string of the molecule is COC(=O)c1ccc2c(c1)CN[C@H](C(=O)N=C1CCCc3ccccc31)C2. The first kappa shape index (κ1) is 17.6. The molecule has 2 aliphatic rings. The number of methoxy groups -OCH3 is 1. The van der Waals surface area contributed by atoms with E-state index >= 15 is 0 Å². The van der Waals surface area contributed by atoms with Gasteiger partial charge >= 0.3 is 5.97 Å². The fraction of sp³-hybridized carbons (Fsp3) is 0.318. The molecule has 1 atom stereocenters. The number of carbonyl (C=O) groups is 2. The van der Waals surface area contributed by atoms with E-state index in [-0.39, 0.29) is 17.9 Å². The summed E-state index contributed by atoms with van der Waals surface area (Å²) in [6.45, 7) is 0.540. The number of aryl methyl sites for hydroxylation is 1. The summed E-state index contributed by atoms with van der Waals surface area (Å²) < 4.78 is 4.77. The first-order valence-electron chi connectivity index (χ1n) is 9.29. The van der Waals surface area contributed by atoms with E-state index in [9.17, 15) is 9.59 Å². The Morgan fingerprint density at radius 1 is 1.07 bits per heavy atom. The van der Waals surface area contributed by atoms with Crippen molar-refractivity contribution < 1.29 is 14.3 Å². The predicted molar refractivity (Wildman–Crippen MR) is 103 cm³/mol. The van der Waals surface area contributed by atoms with Gasteiger partial charge in [0, 0.05) is 6.54 Å². The van der Waals surface area contributed by atoms with E-state index in [4.69, 9.17) is 4.74 Å². The van der Waals surface area contributed by atoms with E-state index < -0.39 is 0 Å². The van der Waals surface area contributed by atoms with Crippen LogP contribution in [0.3, 0.4) is 0 Å². The Balaban J connectivity index is 1.53. The molecule has 138 valence electrons. The average Bonchev–Trinajstić information content (AvgIpc) is 2.72. The third kappa shape index (κ3) is 3.55. The number of fused-ring (bicyclic) bond motifs is 2. The number of aliphatic imine (C=N–C) groups is 1. The summed E-state index contributed by atoms with van der Waals surface area (Å²) in [5, 5.41) is 3.26. The zero-order chi connectivity index (χ0) is 18.8. The van der Waals surface area contributed by atoms with Crippen LogP contribution in [-0.4, -0.2) is 30.7 Å². The second kappa shape index (κ2) is 7.45. The van der Waals surface area contributed by atoms with Crippen molar-refractivity contribution in [1.82, 2.24) is 5.32 Å². The summed E-state index contributed by atoms with van der Waals surface area (Å²) in [6, 6.07) is 13.4. The van der Waals surface area contributed by atoms with Gasteiger partial charge in [0.25, 0.3) is 5.91 Å². The normalized spacial score (nSPS) is 19.9. The second-order valence-electron chi connectivity index (χ2n) is 7.02. The fourth-order valence-electron chi connectivity index (χ4n) is 3.86. The zero-order valence-corrected chi connectivity index (χ0v) is 15.3. The van der Waals surface area contributed by atoms with Gasteiger partial charge in [0.05, 0.1) is 24.4 Å². The highest BCUT2D eigenvalue weighted by Crippen LogP contribution is 2.23. The van der Waals surface area contributed by atoms with Gasteiger partial charge in [-0.3, -0.25) is 4.79 Å². The maximum Gasteiger partial charge on any atom is 0.337 e. The Labute approximate surface area is 158 Å². The molecule has 1 aliphatic carbocycles. The number of benzene rings is 2. The molecular formula is C22H22N2O3. The lowest BCUT2D eigenvalue weighted by atomic mass is 9.90. The van der Waals surface area contributed by atoms with E-state index in [1.165, 1.54) is 12.7 Å². The standard InChI is InChI=1S/C22H22N2O3/c1-27-22(26)16-10-9-15-12-20(23-13-17(15)11-16)21(25)24-19-8-4-6-14-5-2-3-7-18(14)19/h2-3,5,7,9-11,20,23H,4,6,8,12-13H2,1H3/t20-/m0/s1. The average molecular weight is 362 g/mol. The Hall–Kier alpha value is -2.79. The van der Waals surface area contributed by atoms with Crippen LogP contribution in [0.4, 0.5) is 0 Å². The molecule has 0 unspecified atom stereocenters. The van der Waals surface area contributed by atoms with Crippen LogP contribution in [-0.2, 0) is 28.9 Å². The molecule has 0 saturated heterocycles. The Bertz CT molecular complexity index is 933. The topological polar surface area (TPSA) is 67.8 Å². The molecule has 5 nitrogen and oxygen atoms in total. The van der Waals surface area contributed by atoms with Gasteiger partial charge in [0.2, 0.25) is 0 Å². The molecule has 4 rings (SSSR count). The predicted octanol–water partition coefficient (Wildman–Crippen LogP) is 2.84. The quantitative estimate of drug-likeness (QED) is 0.834. The minimum atomic E-state index is -0.349. The summed E-state index contributed by atoms with van der Waals surface area (Å²) in [6.07, 6.45) is 3.49. The molecule has 27 heavy (non-hydrogen) atoms. The van der Waals surface area contributed by atoms with E-state index in [0.717, 1.165) is 41.7 Å². The van der Waals surface area contributed by atoms with E-state index in [0.29, 0.717) is 18.5 Å². The van der Waals surface area contributed by atoms with Crippen molar-refractivity contribution >= 4 is 17.6 Å². The first-order chi connectivity index (χ1) is 13.2. The van der Waals surface area contributed by atoms with Crippen LogP contribution >= 0.6 is 0 Å². The van der Waals surface area contributed by atoms with Crippen molar-refractivity contribution in [3.05, 3.63) is 70.3 Å². The van der Waals surface area contributed by atoms with E-state index in [1.807, 2.05) is 24.3 Å². The maximum atomic E-state index is 12.8. The molecule has 1 N–H and O–H groups in total. The number of nitrogens with one attached hydrogen (secondary N) is 1. The second-order valence-corrected chi connectivity index (χ2v) is 7.02. The number of esters is 1. The first-order valence-corrected chi connectivity index (χ1v) is 9.29. The Kier molecular flexibility index (Phi) is 4.86. The van der Waals surface area contributed by atoms with Gasteiger partial charge in [-0.15, -0.1) is 0 Å². The molecule has 1 aliphatic heterocycles. The molecule has 5 heteroatoms. The highest BCUT2D eigenvalue weighted by atomic mass is 16.5. The Morgan fingerprint density at radius 2 is 1.93 bits per heavy atom. The molecule has 1 heterocycles. The van der Waals surface area contributed by atoms with Crippen molar-refractivity contribution in [2.24, 2.45) is 4.99 Å². The van der Waals surface area contributed by atoms with Crippen molar-refractivity contribution in [1.29, 1.82) is 0 Å². The van der Waals surface area contributed by atoms with Crippen molar-refractivity contribution in [3.8, 4) is 0 Å². The van der Waals surface area contributed by atoms with Gasteiger partial charge in [0.1, 0.15) is 0 Å². The molecule has 0 bridgehead atoms. The van der Waals surface area contributed by atoms with Crippen molar-refractivity contribution in [3.63, 3.8) is 0 Å². The highest BCUT2D eigenvalue weighted by molar-refractivity contribution is 6.08. The summed E-state index contributed by atoms with van der Waals surface area (Å²) in [5.74, 6) is -0.470. The fourth-order valence-corrected chi connectivity index (χ4v) is 3.86. The van der Waals surface area contributed by atoms with E-state index in [2.05, 4.69) is 22.4 Å². The van der Waals surface area contributed by atoms with Gasteiger partial charge in [-0.25, -0.2) is 9.79 Å². The minimum Gasteiger partial charge on any atom is -0.465 e. The number of hydrogen-bond acceptors (Lipinski definition) is 4. The number of nitrogens with zero attached hydrogens (tertiary/aromatic N) is 1. The third-order valence-corrected chi connectivity index (χ3v) is 5.32. The number of carbonyl (C=O) groups excluding carboxylic acids is 2. The van der Waals surface area contributed by atoms with Crippen LogP contribution in [0, 0.1) is 0 Å². The van der Waals surface area contributed by atoms with Crippen LogP contribution in [0.1, 0.15) is 45.5 Å². The van der Waals surface area contributed by atoms with Gasteiger partial charge < -0.3 is 10.1 Å². The number of amides is 1. The lowest BCUT2D eigenvalue weighted by Gasteiger charge is -2.25. The molecule has 0 fully saturated rings. The summed E-state index contributed by atoms with van der Waals surface area (Å²) in [5.41, 5.74) is 5.91. The molecule has 2 aromatic carbocycles. The summed E-state index contributed by atoms with van der Waals surface area (Å²) in [7, 11) is 1.37. The van der Waals surface area contributed by atoms with Crippen LogP contribution in [0.25, 0.3) is 0 Å². The van der Waals surface area contributed by atoms with Gasteiger partial charge in [-0.1, -0.05) is 30.3 Å². The molecule has 0 aromatic heterocycles. The Morgan fingerprint density at radius 3 is 2.78 bits per heavy atom. The largest absolute Gasteiger partial charge is 0.465 e. The van der Waals surface area contributed by atoms with Crippen LogP contribution in [0.15, 0.2) is 47.5 Å². The summed E-state index contributed by atoms with van der Waals surface area (Å²) >= 11 is 0. The lowest BCUT2D eigenvalue weighted by molar-refractivity contribution is -0.119. The molecule has 0 spiro atoms. The smallest absolute Gasteiger partial charge is 0.337 e. The number of ether oxygens (including phenoxy) is 1. The van der Waals surface area contributed by atoms with Crippen molar-refractivity contribution in [2.45, 2.75) is 38.3 Å². The lowest BCUT2D eigenvalue weighted by Crippen LogP contribution is -2.41. The monoisotopic (exact) mass is 362 g/mol. The molecular weight excluding hydrogens is 340 g/mol. The number of rotatable bonds is 2.